The molecule has 0 aromatic heterocycles. The standard InChI is InChI=1S/C13H24N2O6/c1-4-6-14(9-11(16)17)13(19)15(7-8-20-3)10-12(18)21-5-2/h4-10H2,1-3H3,(H,16,17). The number of urea groups is 1. The van der Waals surface area contributed by atoms with Gasteiger partial charge in [-0.05, 0) is 13.3 Å². The van der Waals surface area contributed by atoms with E-state index in [4.69, 9.17) is 14.6 Å². The Bertz CT molecular complexity index is 348. The molecule has 0 aliphatic heterocycles. The van der Waals surface area contributed by atoms with E-state index in [2.05, 4.69) is 0 Å². The first-order chi connectivity index (χ1) is 9.96. The monoisotopic (exact) mass is 304 g/mol. The molecule has 0 aliphatic rings. The van der Waals surface area contributed by atoms with E-state index in [1.54, 1.807) is 6.92 Å². The largest absolute Gasteiger partial charge is 0.480 e. The first-order valence-corrected chi connectivity index (χ1v) is 6.86. The summed E-state index contributed by atoms with van der Waals surface area (Å²) in [4.78, 5) is 37.1. The van der Waals surface area contributed by atoms with E-state index in [-0.39, 0.29) is 26.3 Å². The highest BCUT2D eigenvalue weighted by atomic mass is 16.5. The van der Waals surface area contributed by atoms with Crippen LogP contribution in [0.4, 0.5) is 4.79 Å². The number of carboxylic acids is 1. The van der Waals surface area contributed by atoms with Crippen LogP contribution < -0.4 is 0 Å². The van der Waals surface area contributed by atoms with Crippen LogP contribution in [-0.4, -0.2) is 79.4 Å². The Hall–Kier alpha value is -1.83. The molecule has 8 heteroatoms. The summed E-state index contributed by atoms with van der Waals surface area (Å²) >= 11 is 0. The minimum Gasteiger partial charge on any atom is -0.480 e. The maximum Gasteiger partial charge on any atom is 0.325 e. The fraction of sp³-hybridized carbons (Fsp3) is 0.769. The number of carbonyl (C=O) groups is 3. The summed E-state index contributed by atoms with van der Waals surface area (Å²) in [6.45, 7) is 3.84. The smallest absolute Gasteiger partial charge is 0.325 e. The molecule has 8 nitrogen and oxygen atoms in total. The second-order valence-electron chi connectivity index (χ2n) is 4.32. The Kier molecular flexibility index (Phi) is 9.95. The highest BCUT2D eigenvalue weighted by Gasteiger charge is 2.24. The lowest BCUT2D eigenvalue weighted by Gasteiger charge is -2.28. The third kappa shape index (κ3) is 8.13. The van der Waals surface area contributed by atoms with Gasteiger partial charge in [0.25, 0.3) is 0 Å². The summed E-state index contributed by atoms with van der Waals surface area (Å²) in [6, 6.07) is -0.510. The number of carboxylic acid groups (broad SMARTS) is 1. The average molecular weight is 304 g/mol. The van der Waals surface area contributed by atoms with Gasteiger partial charge >= 0.3 is 18.0 Å². The van der Waals surface area contributed by atoms with Crippen LogP contribution in [0.3, 0.4) is 0 Å². The van der Waals surface area contributed by atoms with Crippen molar-refractivity contribution in [3.05, 3.63) is 0 Å². The van der Waals surface area contributed by atoms with Crippen molar-refractivity contribution in [2.45, 2.75) is 20.3 Å². The van der Waals surface area contributed by atoms with Crippen molar-refractivity contribution >= 4 is 18.0 Å². The zero-order valence-electron chi connectivity index (χ0n) is 12.8. The van der Waals surface area contributed by atoms with E-state index >= 15 is 0 Å². The van der Waals surface area contributed by atoms with Crippen molar-refractivity contribution < 1.29 is 29.0 Å². The van der Waals surface area contributed by atoms with E-state index in [0.717, 1.165) is 0 Å². The number of amides is 2. The van der Waals surface area contributed by atoms with Gasteiger partial charge in [0.05, 0.1) is 13.2 Å². The number of hydrogen-bond donors (Lipinski definition) is 1. The van der Waals surface area contributed by atoms with Gasteiger partial charge in [0, 0.05) is 20.2 Å². The molecule has 1 N–H and O–H groups in total. The second-order valence-corrected chi connectivity index (χ2v) is 4.32. The first-order valence-electron chi connectivity index (χ1n) is 6.86. The number of rotatable bonds is 10. The molecular weight excluding hydrogens is 280 g/mol. The molecule has 0 rings (SSSR count). The molecule has 0 atom stereocenters. The quantitative estimate of drug-likeness (QED) is 0.587. The predicted octanol–water partition coefficient (Wildman–Crippen LogP) is 0.415. The molecule has 0 saturated heterocycles. The normalized spacial score (nSPS) is 10.0. The molecular formula is C13H24N2O6. The van der Waals surface area contributed by atoms with E-state index < -0.39 is 24.5 Å². The molecule has 0 radical (unpaired) electrons. The zero-order valence-corrected chi connectivity index (χ0v) is 12.8. The summed E-state index contributed by atoms with van der Waals surface area (Å²) in [5, 5.41) is 8.85. The molecule has 0 fully saturated rings. The van der Waals surface area contributed by atoms with Gasteiger partial charge in [-0.3, -0.25) is 9.59 Å². The predicted molar refractivity (Wildman–Crippen MR) is 75.0 cm³/mol. The van der Waals surface area contributed by atoms with Gasteiger partial charge in [-0.25, -0.2) is 4.79 Å². The van der Waals surface area contributed by atoms with E-state index in [1.807, 2.05) is 6.92 Å². The molecule has 122 valence electrons. The Morgan fingerprint density at radius 2 is 1.67 bits per heavy atom. The number of carbonyl (C=O) groups excluding carboxylic acids is 2. The van der Waals surface area contributed by atoms with Gasteiger partial charge in [-0.2, -0.15) is 0 Å². The van der Waals surface area contributed by atoms with Crippen LogP contribution in [0.1, 0.15) is 20.3 Å². The lowest BCUT2D eigenvalue weighted by molar-refractivity contribution is -0.143. The van der Waals surface area contributed by atoms with Gasteiger partial charge in [0.2, 0.25) is 0 Å². The number of methoxy groups -OCH3 is 1. The fourth-order valence-electron chi connectivity index (χ4n) is 1.68. The van der Waals surface area contributed by atoms with Crippen LogP contribution in [0.25, 0.3) is 0 Å². The first kappa shape index (κ1) is 19.2. The lowest BCUT2D eigenvalue weighted by atomic mass is 10.4. The van der Waals surface area contributed by atoms with Crippen molar-refractivity contribution in [3.63, 3.8) is 0 Å². The minimum absolute atomic E-state index is 0.188. The maximum absolute atomic E-state index is 12.3. The molecule has 0 aliphatic carbocycles. The van der Waals surface area contributed by atoms with Gasteiger partial charge < -0.3 is 24.4 Å². The van der Waals surface area contributed by atoms with Gasteiger partial charge in [0.1, 0.15) is 13.1 Å². The van der Waals surface area contributed by atoms with Crippen LogP contribution in [0.5, 0.6) is 0 Å². The van der Waals surface area contributed by atoms with Crippen molar-refractivity contribution in [1.29, 1.82) is 0 Å². The molecule has 0 unspecified atom stereocenters. The minimum atomic E-state index is -1.10. The molecule has 0 aromatic carbocycles. The molecule has 0 bridgehead atoms. The number of nitrogens with zero attached hydrogens (tertiary/aromatic N) is 2. The average Bonchev–Trinajstić information content (AvgIpc) is 2.42. The van der Waals surface area contributed by atoms with Crippen LogP contribution in [-0.2, 0) is 19.1 Å². The fourth-order valence-corrected chi connectivity index (χ4v) is 1.68. The highest BCUT2D eigenvalue weighted by Crippen LogP contribution is 2.02. The van der Waals surface area contributed by atoms with Gasteiger partial charge in [-0.15, -0.1) is 0 Å². The van der Waals surface area contributed by atoms with Crippen LogP contribution in [0.15, 0.2) is 0 Å². The van der Waals surface area contributed by atoms with Crippen LogP contribution in [0, 0.1) is 0 Å². The van der Waals surface area contributed by atoms with Crippen molar-refractivity contribution in [2.24, 2.45) is 0 Å². The Labute approximate surface area is 124 Å². The topological polar surface area (TPSA) is 96.4 Å². The highest BCUT2D eigenvalue weighted by molar-refractivity contribution is 5.83. The van der Waals surface area contributed by atoms with E-state index in [0.29, 0.717) is 13.0 Å². The van der Waals surface area contributed by atoms with E-state index in [9.17, 15) is 14.4 Å². The lowest BCUT2D eigenvalue weighted by Crippen LogP contribution is -2.48. The molecule has 0 saturated carbocycles. The summed E-state index contributed by atoms with van der Waals surface area (Å²) in [6.07, 6.45) is 0.622. The van der Waals surface area contributed by atoms with Gasteiger partial charge in [-0.1, -0.05) is 6.92 Å². The summed E-state index contributed by atoms with van der Waals surface area (Å²) < 4.78 is 9.72. The van der Waals surface area contributed by atoms with Crippen LogP contribution >= 0.6 is 0 Å². The second kappa shape index (κ2) is 10.9. The van der Waals surface area contributed by atoms with Gasteiger partial charge in [0.15, 0.2) is 0 Å². The van der Waals surface area contributed by atoms with Crippen molar-refractivity contribution in [3.8, 4) is 0 Å². The zero-order chi connectivity index (χ0) is 16.3. The number of hydrogen-bond acceptors (Lipinski definition) is 5. The number of ether oxygens (including phenoxy) is 2. The third-order valence-electron chi connectivity index (χ3n) is 2.55. The van der Waals surface area contributed by atoms with Crippen molar-refractivity contribution in [2.75, 3.05) is 46.5 Å². The molecule has 0 aromatic rings. The summed E-state index contributed by atoms with van der Waals surface area (Å²) in [5.41, 5.74) is 0. The van der Waals surface area contributed by atoms with Crippen LogP contribution in [0.2, 0.25) is 0 Å². The van der Waals surface area contributed by atoms with E-state index in [1.165, 1.54) is 16.9 Å². The van der Waals surface area contributed by atoms with Crippen molar-refractivity contribution in [1.82, 2.24) is 9.80 Å². The SMILES string of the molecule is CCCN(CC(=O)O)C(=O)N(CCOC)CC(=O)OCC. The summed E-state index contributed by atoms with van der Waals surface area (Å²) in [5.74, 6) is -1.63. The molecule has 21 heavy (non-hydrogen) atoms. The maximum atomic E-state index is 12.3. The molecule has 2 amide bonds. The number of esters is 1. The number of aliphatic carboxylic acids is 1. The Balaban J connectivity index is 4.85. The molecule has 0 spiro atoms. The Morgan fingerprint density at radius 1 is 1.05 bits per heavy atom. The summed E-state index contributed by atoms with van der Waals surface area (Å²) in [7, 11) is 1.48. The third-order valence-corrected chi connectivity index (χ3v) is 2.55. The molecule has 0 heterocycles. The Morgan fingerprint density at radius 3 is 2.14 bits per heavy atom.